The van der Waals surface area contributed by atoms with E-state index in [-0.39, 0.29) is 11.4 Å². The molecule has 6 heteroatoms. The summed E-state index contributed by atoms with van der Waals surface area (Å²) in [6, 6.07) is 0. The minimum atomic E-state index is -0.502. The van der Waals surface area contributed by atoms with Gasteiger partial charge in [0, 0.05) is 19.4 Å². The first-order chi connectivity index (χ1) is 5.69. The highest BCUT2D eigenvalue weighted by molar-refractivity contribution is 5.51. The van der Waals surface area contributed by atoms with Crippen LogP contribution in [0.15, 0.2) is 17.2 Å². The number of aromatic nitrogens is 1. The summed E-state index contributed by atoms with van der Waals surface area (Å²) in [5.74, 6) is 0. The van der Waals surface area contributed by atoms with Crippen molar-refractivity contribution in [1.82, 2.24) is 4.57 Å². The summed E-state index contributed by atoms with van der Waals surface area (Å²) in [6.45, 7) is 0. The van der Waals surface area contributed by atoms with Gasteiger partial charge in [-0.3, -0.25) is 26.2 Å². The van der Waals surface area contributed by atoms with Crippen molar-refractivity contribution in [3.63, 3.8) is 0 Å². The second kappa shape index (κ2) is 3.24. The molecule has 0 spiro atoms. The number of pyridine rings is 1. The molecule has 6 nitrogen and oxygen atoms in total. The van der Waals surface area contributed by atoms with E-state index in [2.05, 4.69) is 0 Å². The van der Waals surface area contributed by atoms with E-state index in [0.29, 0.717) is 0 Å². The van der Waals surface area contributed by atoms with E-state index < -0.39 is 5.43 Å². The Labute approximate surface area is 68.0 Å². The Morgan fingerprint density at radius 2 is 1.67 bits per heavy atom. The summed E-state index contributed by atoms with van der Waals surface area (Å²) < 4.78 is 1.51. The van der Waals surface area contributed by atoms with Crippen LogP contribution in [0.3, 0.4) is 0 Å². The first-order valence-corrected chi connectivity index (χ1v) is 3.19. The number of nitrogens with one attached hydrogen (secondary N) is 2. The number of rotatable bonds is 2. The van der Waals surface area contributed by atoms with Crippen LogP contribution in [-0.2, 0) is 7.05 Å². The Bertz CT molecular complexity index is 305. The van der Waals surface area contributed by atoms with Crippen LogP contribution in [0, 0.1) is 0 Å². The molecule has 4 N–H and O–H groups in total. The molecule has 0 saturated heterocycles. The molecule has 0 bridgehead atoms. The van der Waals surface area contributed by atoms with Crippen LogP contribution >= 0.6 is 0 Å². The molecule has 1 heterocycles. The Morgan fingerprint density at radius 1 is 1.25 bits per heavy atom. The third-order valence-corrected chi connectivity index (χ3v) is 1.40. The third kappa shape index (κ3) is 1.39. The quantitative estimate of drug-likeness (QED) is 0.470. The van der Waals surface area contributed by atoms with Gasteiger partial charge < -0.3 is 4.57 Å². The molecule has 1 aromatic heterocycles. The van der Waals surface area contributed by atoms with E-state index in [0.717, 1.165) is 0 Å². The van der Waals surface area contributed by atoms with Gasteiger partial charge in [0.2, 0.25) is 5.43 Å². The topological polar surface area (TPSA) is 86.5 Å². The Hall–Kier alpha value is -1.53. The molecule has 12 heavy (non-hydrogen) atoms. The zero-order chi connectivity index (χ0) is 9.14. The molecule has 0 atom stereocenters. The van der Waals surface area contributed by atoms with Gasteiger partial charge in [-0.05, 0) is 0 Å². The molecule has 0 unspecified atom stereocenters. The van der Waals surface area contributed by atoms with Crippen molar-refractivity contribution in [3.05, 3.63) is 22.6 Å². The molecule has 0 saturated carbocycles. The SMILES string of the molecule is Cn1cc(NO)c(=O)c(NO)c1. The minimum Gasteiger partial charge on any atom is -0.353 e. The maximum Gasteiger partial charge on any atom is 0.232 e. The molecular weight excluding hydrogens is 162 g/mol. The van der Waals surface area contributed by atoms with Gasteiger partial charge in [-0.1, -0.05) is 0 Å². The maximum atomic E-state index is 11.1. The van der Waals surface area contributed by atoms with E-state index in [9.17, 15) is 4.79 Å². The van der Waals surface area contributed by atoms with Crippen molar-refractivity contribution < 1.29 is 10.4 Å². The van der Waals surface area contributed by atoms with E-state index in [1.165, 1.54) is 17.0 Å². The van der Waals surface area contributed by atoms with Gasteiger partial charge in [-0.15, -0.1) is 0 Å². The first kappa shape index (κ1) is 8.57. The van der Waals surface area contributed by atoms with Gasteiger partial charge in [0.1, 0.15) is 11.4 Å². The summed E-state index contributed by atoms with van der Waals surface area (Å²) in [5, 5.41) is 17.0. The van der Waals surface area contributed by atoms with Crippen LogP contribution in [0.1, 0.15) is 0 Å². The van der Waals surface area contributed by atoms with E-state index in [1.54, 1.807) is 18.0 Å². The molecule has 66 valence electrons. The normalized spacial score (nSPS) is 9.58. The van der Waals surface area contributed by atoms with E-state index >= 15 is 0 Å². The van der Waals surface area contributed by atoms with Gasteiger partial charge in [-0.2, -0.15) is 0 Å². The summed E-state index contributed by atoms with van der Waals surface area (Å²) in [6.07, 6.45) is 2.78. The molecule has 0 aliphatic heterocycles. The van der Waals surface area contributed by atoms with Crippen molar-refractivity contribution in [1.29, 1.82) is 0 Å². The molecule has 0 aliphatic rings. The lowest BCUT2D eigenvalue weighted by atomic mass is 10.3. The molecule has 1 aromatic rings. The summed E-state index contributed by atoms with van der Waals surface area (Å²) in [4.78, 5) is 11.1. The van der Waals surface area contributed by atoms with Crippen LogP contribution in [0.5, 0.6) is 0 Å². The molecule has 0 amide bonds. The van der Waals surface area contributed by atoms with Crippen molar-refractivity contribution in [2.45, 2.75) is 0 Å². The fourth-order valence-electron chi connectivity index (χ4n) is 0.866. The van der Waals surface area contributed by atoms with Gasteiger partial charge in [0.05, 0.1) is 0 Å². The highest BCUT2D eigenvalue weighted by Crippen LogP contribution is 2.03. The number of nitrogens with zero attached hydrogens (tertiary/aromatic N) is 1. The Morgan fingerprint density at radius 3 is 2.00 bits per heavy atom. The van der Waals surface area contributed by atoms with E-state index in [1.807, 2.05) is 0 Å². The van der Waals surface area contributed by atoms with Gasteiger partial charge >= 0.3 is 0 Å². The smallest absolute Gasteiger partial charge is 0.232 e. The standard InChI is InChI=1S/C6H9N3O3/c1-9-2-4(7-11)6(10)5(3-9)8-12/h2-3,7-8,11-12H,1H3. The third-order valence-electron chi connectivity index (χ3n) is 1.40. The molecule has 0 aromatic carbocycles. The number of anilines is 2. The molecule has 1 rings (SSSR count). The highest BCUT2D eigenvalue weighted by atomic mass is 16.5. The lowest BCUT2D eigenvalue weighted by Crippen LogP contribution is -2.15. The maximum absolute atomic E-state index is 11.1. The van der Waals surface area contributed by atoms with Gasteiger partial charge in [0.15, 0.2) is 0 Å². The largest absolute Gasteiger partial charge is 0.353 e. The molecular formula is C6H9N3O3. The monoisotopic (exact) mass is 171 g/mol. The highest BCUT2D eigenvalue weighted by Gasteiger charge is 2.03. The van der Waals surface area contributed by atoms with Crippen LogP contribution < -0.4 is 16.4 Å². The first-order valence-electron chi connectivity index (χ1n) is 3.19. The lowest BCUT2D eigenvalue weighted by molar-refractivity contribution is 0.383. The lowest BCUT2D eigenvalue weighted by Gasteiger charge is -2.05. The Kier molecular flexibility index (Phi) is 2.32. The summed E-state index contributed by atoms with van der Waals surface area (Å²) in [5.41, 5.74) is 2.94. The number of hydrogen-bond donors (Lipinski definition) is 4. The fraction of sp³-hybridized carbons (Fsp3) is 0.167. The molecule has 0 fully saturated rings. The van der Waals surface area contributed by atoms with Gasteiger partial charge in [0.25, 0.3) is 0 Å². The molecule has 0 aliphatic carbocycles. The van der Waals surface area contributed by atoms with Crippen molar-refractivity contribution in [2.75, 3.05) is 11.0 Å². The summed E-state index contributed by atoms with van der Waals surface area (Å²) >= 11 is 0. The van der Waals surface area contributed by atoms with Gasteiger partial charge in [-0.25, -0.2) is 0 Å². The zero-order valence-corrected chi connectivity index (χ0v) is 6.40. The average Bonchev–Trinajstić information content (AvgIpc) is 2.08. The predicted octanol–water partition coefficient (Wildman–Crippen LogP) is -0.0125. The second-order valence-corrected chi connectivity index (χ2v) is 2.30. The Balaban J connectivity index is 3.32. The van der Waals surface area contributed by atoms with Crippen molar-refractivity contribution >= 4 is 11.4 Å². The molecule has 0 radical (unpaired) electrons. The number of aryl methyl sites for hydroxylation is 1. The van der Waals surface area contributed by atoms with Crippen LogP contribution in [0.2, 0.25) is 0 Å². The number of hydrogen-bond acceptors (Lipinski definition) is 5. The second-order valence-electron chi connectivity index (χ2n) is 2.30. The van der Waals surface area contributed by atoms with Crippen molar-refractivity contribution in [3.8, 4) is 0 Å². The van der Waals surface area contributed by atoms with E-state index in [4.69, 9.17) is 10.4 Å². The van der Waals surface area contributed by atoms with Crippen LogP contribution in [-0.4, -0.2) is 15.0 Å². The van der Waals surface area contributed by atoms with Crippen LogP contribution in [0.4, 0.5) is 11.4 Å². The van der Waals surface area contributed by atoms with Crippen LogP contribution in [0.25, 0.3) is 0 Å². The fourth-order valence-corrected chi connectivity index (χ4v) is 0.866. The minimum absolute atomic E-state index is 0.00319. The summed E-state index contributed by atoms with van der Waals surface area (Å²) in [7, 11) is 1.65. The average molecular weight is 171 g/mol. The predicted molar refractivity (Wildman–Crippen MR) is 42.5 cm³/mol. The van der Waals surface area contributed by atoms with Crippen molar-refractivity contribution in [2.24, 2.45) is 7.05 Å². The zero-order valence-electron chi connectivity index (χ0n) is 6.40.